The summed E-state index contributed by atoms with van der Waals surface area (Å²) in [6.07, 6.45) is 0. The van der Waals surface area contributed by atoms with Crippen molar-refractivity contribution < 1.29 is 4.39 Å². The lowest BCUT2D eigenvalue weighted by Gasteiger charge is -2.06. The number of hydrogen-bond acceptors (Lipinski definition) is 1. The molecule has 0 atom stereocenters. The van der Waals surface area contributed by atoms with Gasteiger partial charge in [-0.3, -0.25) is 4.57 Å². The van der Waals surface area contributed by atoms with Crippen LogP contribution in [0.25, 0.3) is 16.7 Å². The van der Waals surface area contributed by atoms with Gasteiger partial charge >= 0.3 is 0 Å². The van der Waals surface area contributed by atoms with E-state index in [4.69, 9.17) is 35.4 Å². The second-order valence-corrected chi connectivity index (χ2v) is 5.31. The van der Waals surface area contributed by atoms with Crippen LogP contribution in [0.5, 0.6) is 0 Å². The number of aromatic amines is 1. The first-order chi connectivity index (χ1) is 9.04. The number of imidazole rings is 1. The van der Waals surface area contributed by atoms with Gasteiger partial charge in [0.05, 0.1) is 16.7 Å². The maximum atomic E-state index is 13.4. The van der Waals surface area contributed by atoms with Crippen LogP contribution in [0.4, 0.5) is 4.39 Å². The Balaban J connectivity index is 2.38. The van der Waals surface area contributed by atoms with Crippen molar-refractivity contribution in [2.75, 3.05) is 0 Å². The fourth-order valence-electron chi connectivity index (χ4n) is 2.00. The van der Waals surface area contributed by atoms with Crippen molar-refractivity contribution in [2.24, 2.45) is 0 Å². The molecule has 0 bridgehead atoms. The lowest BCUT2D eigenvalue weighted by Crippen LogP contribution is -1.94. The van der Waals surface area contributed by atoms with Gasteiger partial charge in [0.15, 0.2) is 4.77 Å². The van der Waals surface area contributed by atoms with Crippen LogP contribution in [0.3, 0.4) is 0 Å². The molecule has 19 heavy (non-hydrogen) atoms. The molecule has 0 fully saturated rings. The summed E-state index contributed by atoms with van der Waals surface area (Å²) in [5.41, 5.74) is 2.09. The molecule has 3 aromatic rings. The minimum atomic E-state index is -0.330. The van der Waals surface area contributed by atoms with Gasteiger partial charge in [-0.2, -0.15) is 0 Å². The van der Waals surface area contributed by atoms with Gasteiger partial charge in [0.2, 0.25) is 0 Å². The van der Waals surface area contributed by atoms with Crippen LogP contribution in [-0.4, -0.2) is 9.55 Å². The summed E-state index contributed by atoms with van der Waals surface area (Å²) in [6.45, 7) is 0. The Labute approximate surface area is 123 Å². The summed E-state index contributed by atoms with van der Waals surface area (Å²) >= 11 is 17.2. The maximum Gasteiger partial charge on any atom is 0.182 e. The molecule has 1 N–H and O–H groups in total. The molecule has 0 aliphatic heterocycles. The summed E-state index contributed by atoms with van der Waals surface area (Å²) in [7, 11) is 0. The highest BCUT2D eigenvalue weighted by molar-refractivity contribution is 7.71. The van der Waals surface area contributed by atoms with E-state index in [1.54, 1.807) is 28.8 Å². The normalized spacial score (nSPS) is 11.1. The van der Waals surface area contributed by atoms with Crippen LogP contribution >= 0.6 is 35.4 Å². The summed E-state index contributed by atoms with van der Waals surface area (Å²) in [4.78, 5) is 3.02. The van der Waals surface area contributed by atoms with Gasteiger partial charge in [0, 0.05) is 16.1 Å². The maximum absolute atomic E-state index is 13.4. The zero-order valence-electron chi connectivity index (χ0n) is 9.45. The third-order valence-corrected chi connectivity index (χ3v) is 3.47. The molecule has 0 spiro atoms. The fourth-order valence-corrected chi connectivity index (χ4v) is 2.83. The molecule has 1 heterocycles. The number of benzene rings is 2. The quantitative estimate of drug-likeness (QED) is 0.617. The third kappa shape index (κ3) is 2.27. The first-order valence-corrected chi connectivity index (χ1v) is 6.58. The van der Waals surface area contributed by atoms with Crippen LogP contribution in [0, 0.1) is 10.6 Å². The minimum Gasteiger partial charge on any atom is -0.330 e. The zero-order chi connectivity index (χ0) is 13.6. The molecule has 6 heteroatoms. The van der Waals surface area contributed by atoms with Gasteiger partial charge in [-0.1, -0.05) is 23.2 Å². The van der Waals surface area contributed by atoms with Crippen molar-refractivity contribution in [3.05, 3.63) is 57.0 Å². The van der Waals surface area contributed by atoms with E-state index in [0.717, 1.165) is 5.52 Å². The van der Waals surface area contributed by atoms with Crippen molar-refractivity contribution >= 4 is 46.5 Å². The van der Waals surface area contributed by atoms with E-state index < -0.39 is 0 Å². The predicted octanol–water partition coefficient (Wildman–Crippen LogP) is 5.13. The Kier molecular flexibility index (Phi) is 3.09. The second-order valence-electron chi connectivity index (χ2n) is 4.05. The summed E-state index contributed by atoms with van der Waals surface area (Å²) < 4.78 is 15.5. The summed E-state index contributed by atoms with van der Waals surface area (Å²) in [5, 5.41) is 0.991. The molecular formula is C13H7Cl2FN2S. The molecule has 0 aliphatic carbocycles. The monoisotopic (exact) mass is 312 g/mol. The molecule has 0 radical (unpaired) electrons. The third-order valence-electron chi connectivity index (χ3n) is 2.75. The smallest absolute Gasteiger partial charge is 0.182 e. The van der Waals surface area contributed by atoms with E-state index in [1.807, 2.05) is 0 Å². The first kappa shape index (κ1) is 12.7. The largest absolute Gasteiger partial charge is 0.330 e. The van der Waals surface area contributed by atoms with Gasteiger partial charge in [-0.25, -0.2) is 4.39 Å². The Hall–Kier alpha value is -1.36. The number of fused-ring (bicyclic) bond motifs is 1. The van der Waals surface area contributed by atoms with Crippen molar-refractivity contribution in [2.45, 2.75) is 0 Å². The van der Waals surface area contributed by atoms with E-state index >= 15 is 0 Å². The number of nitrogens with zero attached hydrogens (tertiary/aromatic N) is 1. The first-order valence-electron chi connectivity index (χ1n) is 5.41. The van der Waals surface area contributed by atoms with Gasteiger partial charge < -0.3 is 4.98 Å². The Morgan fingerprint density at radius 1 is 1.05 bits per heavy atom. The molecule has 2 nitrogen and oxygen atoms in total. The molecule has 0 amide bonds. The molecule has 1 aromatic heterocycles. The Morgan fingerprint density at radius 2 is 1.74 bits per heavy atom. The predicted molar refractivity (Wildman–Crippen MR) is 78.4 cm³/mol. The standard InChI is InChI=1S/C13H7Cl2FN2S/c14-7-3-8(15)5-10(4-7)18-12-6-9(16)1-2-11(12)17-13(18)19/h1-6H,(H,17,19). The van der Waals surface area contributed by atoms with Crippen LogP contribution in [0.2, 0.25) is 10.0 Å². The molecule has 0 saturated carbocycles. The second kappa shape index (κ2) is 4.63. The Bertz CT molecular complexity index is 818. The molecular weight excluding hydrogens is 306 g/mol. The van der Waals surface area contributed by atoms with Crippen LogP contribution in [0.15, 0.2) is 36.4 Å². The van der Waals surface area contributed by atoms with Gasteiger partial charge in [0.25, 0.3) is 0 Å². The van der Waals surface area contributed by atoms with Gasteiger partial charge in [0.1, 0.15) is 5.82 Å². The van der Waals surface area contributed by atoms with Crippen molar-refractivity contribution in [3.8, 4) is 5.69 Å². The SMILES string of the molecule is Fc1ccc2[nH]c(=S)n(-c3cc(Cl)cc(Cl)c3)c2c1. The van der Waals surface area contributed by atoms with E-state index in [2.05, 4.69) is 4.98 Å². The number of H-pyrrole nitrogens is 1. The number of halogens is 3. The topological polar surface area (TPSA) is 20.7 Å². The highest BCUT2D eigenvalue weighted by Crippen LogP contribution is 2.25. The summed E-state index contributed by atoms with van der Waals surface area (Å²) in [5.74, 6) is -0.330. The zero-order valence-corrected chi connectivity index (χ0v) is 11.8. The lowest BCUT2D eigenvalue weighted by molar-refractivity contribution is 0.629. The van der Waals surface area contributed by atoms with E-state index in [9.17, 15) is 4.39 Å². The van der Waals surface area contributed by atoms with Crippen molar-refractivity contribution in [1.82, 2.24) is 9.55 Å². The number of rotatable bonds is 1. The molecule has 0 unspecified atom stereocenters. The van der Waals surface area contributed by atoms with E-state index in [0.29, 0.717) is 26.0 Å². The fraction of sp³-hybridized carbons (Fsp3) is 0. The van der Waals surface area contributed by atoms with Crippen molar-refractivity contribution in [1.29, 1.82) is 0 Å². The average Bonchev–Trinajstić information content (AvgIpc) is 2.63. The number of aromatic nitrogens is 2. The van der Waals surface area contributed by atoms with Gasteiger partial charge in [-0.15, -0.1) is 0 Å². The van der Waals surface area contributed by atoms with E-state index in [1.165, 1.54) is 12.1 Å². The van der Waals surface area contributed by atoms with Crippen LogP contribution in [-0.2, 0) is 0 Å². The van der Waals surface area contributed by atoms with Crippen LogP contribution in [0.1, 0.15) is 0 Å². The highest BCUT2D eigenvalue weighted by Gasteiger charge is 2.09. The molecule has 0 saturated heterocycles. The number of nitrogens with one attached hydrogen (secondary N) is 1. The molecule has 3 rings (SSSR count). The van der Waals surface area contributed by atoms with Gasteiger partial charge in [-0.05, 0) is 42.5 Å². The van der Waals surface area contributed by atoms with E-state index in [-0.39, 0.29) is 5.82 Å². The summed E-state index contributed by atoms with van der Waals surface area (Å²) in [6, 6.07) is 9.51. The molecule has 2 aromatic carbocycles. The number of hydrogen-bond donors (Lipinski definition) is 1. The van der Waals surface area contributed by atoms with Crippen LogP contribution < -0.4 is 0 Å². The van der Waals surface area contributed by atoms with Crippen molar-refractivity contribution in [3.63, 3.8) is 0 Å². The lowest BCUT2D eigenvalue weighted by atomic mass is 10.2. The highest BCUT2D eigenvalue weighted by atomic mass is 35.5. The Morgan fingerprint density at radius 3 is 2.42 bits per heavy atom. The molecule has 0 aliphatic rings. The average molecular weight is 313 g/mol. The molecule has 96 valence electrons. The minimum absolute atomic E-state index is 0.330.